The Morgan fingerprint density at radius 3 is 2.36 bits per heavy atom. The molecule has 0 saturated heterocycles. The number of aromatic amines is 1. The van der Waals surface area contributed by atoms with Crippen molar-refractivity contribution in [3.8, 4) is 11.1 Å². The van der Waals surface area contributed by atoms with Gasteiger partial charge in [-0.2, -0.15) is 13.2 Å². The summed E-state index contributed by atoms with van der Waals surface area (Å²) in [5, 5.41) is 4.58. The number of para-hydroxylation sites is 1. The van der Waals surface area contributed by atoms with E-state index >= 15 is 0 Å². The lowest BCUT2D eigenvalue weighted by Gasteiger charge is -2.23. The summed E-state index contributed by atoms with van der Waals surface area (Å²) in [6.07, 6.45) is -1.24. The zero-order chi connectivity index (χ0) is 23.8. The molecule has 3 amide bonds. The molecule has 2 unspecified atom stereocenters. The van der Waals surface area contributed by atoms with Gasteiger partial charge in [-0.05, 0) is 35.9 Å². The second kappa shape index (κ2) is 8.67. The van der Waals surface area contributed by atoms with Crippen molar-refractivity contribution in [1.29, 1.82) is 0 Å². The molecule has 1 aliphatic carbocycles. The standard InChI is InChI=1S/C23H18ClF3N4O2/c24-17-11-14(9-10-16(17)23(25,26)27)30-22(33)29-13-7-5-12(6-8-13)19-15-3-1-2-4-18(15)31-20(19)21(28)32/h1-11,16-17,31H,(H2,28,32)(H2,29,30,33). The van der Waals surface area contributed by atoms with E-state index in [0.717, 1.165) is 23.1 Å². The number of amides is 3. The summed E-state index contributed by atoms with van der Waals surface area (Å²) in [7, 11) is 0. The van der Waals surface area contributed by atoms with Crippen molar-refractivity contribution in [3.63, 3.8) is 0 Å². The van der Waals surface area contributed by atoms with Crippen LogP contribution in [0.1, 0.15) is 10.5 Å². The van der Waals surface area contributed by atoms with Crippen LogP contribution in [0.2, 0.25) is 0 Å². The van der Waals surface area contributed by atoms with Crippen LogP contribution < -0.4 is 16.4 Å². The molecule has 0 fully saturated rings. The van der Waals surface area contributed by atoms with Crippen LogP contribution in [0.4, 0.5) is 23.7 Å². The normalized spacial score (nSPS) is 18.1. The largest absolute Gasteiger partial charge is 0.396 e. The van der Waals surface area contributed by atoms with Gasteiger partial charge in [-0.25, -0.2) is 4.79 Å². The number of carbonyl (C=O) groups is 2. The van der Waals surface area contributed by atoms with Crippen molar-refractivity contribution >= 4 is 40.1 Å². The number of fused-ring (bicyclic) bond motifs is 1. The van der Waals surface area contributed by atoms with Gasteiger partial charge >= 0.3 is 12.2 Å². The van der Waals surface area contributed by atoms with Gasteiger partial charge in [0, 0.05) is 27.9 Å². The number of aromatic nitrogens is 1. The Morgan fingerprint density at radius 2 is 1.73 bits per heavy atom. The minimum Gasteiger partial charge on any atom is -0.364 e. The lowest BCUT2D eigenvalue weighted by molar-refractivity contribution is -0.159. The predicted octanol–water partition coefficient (Wildman–Crippen LogP) is 5.29. The number of allylic oxidation sites excluding steroid dienone is 3. The molecule has 10 heteroatoms. The van der Waals surface area contributed by atoms with E-state index in [-0.39, 0.29) is 11.4 Å². The summed E-state index contributed by atoms with van der Waals surface area (Å²) in [4.78, 5) is 27.2. The molecule has 33 heavy (non-hydrogen) atoms. The number of nitrogens with two attached hydrogens (primary N) is 1. The molecular weight excluding hydrogens is 457 g/mol. The molecule has 0 bridgehead atoms. The molecule has 0 radical (unpaired) electrons. The lowest BCUT2D eigenvalue weighted by atomic mass is 9.98. The van der Waals surface area contributed by atoms with Gasteiger partial charge in [-0.3, -0.25) is 4.79 Å². The molecule has 0 aliphatic heterocycles. The minimum absolute atomic E-state index is 0.162. The van der Waals surface area contributed by atoms with Crippen molar-refractivity contribution in [2.75, 3.05) is 5.32 Å². The molecule has 2 aromatic carbocycles. The van der Waals surface area contributed by atoms with Crippen molar-refractivity contribution in [3.05, 3.63) is 78.1 Å². The van der Waals surface area contributed by atoms with E-state index in [9.17, 15) is 22.8 Å². The monoisotopic (exact) mass is 474 g/mol. The summed E-state index contributed by atoms with van der Waals surface area (Å²) in [5.41, 5.74) is 8.53. The average molecular weight is 475 g/mol. The summed E-state index contributed by atoms with van der Waals surface area (Å²) < 4.78 is 38.6. The number of hydrogen-bond acceptors (Lipinski definition) is 2. The van der Waals surface area contributed by atoms with Gasteiger partial charge < -0.3 is 21.4 Å². The molecule has 4 rings (SSSR count). The molecule has 1 aromatic heterocycles. The SMILES string of the molecule is NC(=O)c1[nH]c2ccccc2c1-c1ccc(NC(=O)NC2=CC(Cl)C(C(F)(F)F)C=C2)cc1. The molecule has 170 valence electrons. The van der Waals surface area contributed by atoms with E-state index in [1.165, 1.54) is 6.08 Å². The van der Waals surface area contributed by atoms with Gasteiger partial charge in [-0.15, -0.1) is 11.6 Å². The van der Waals surface area contributed by atoms with Crippen LogP contribution in [-0.2, 0) is 0 Å². The number of benzene rings is 2. The third-order valence-electron chi connectivity index (χ3n) is 5.18. The predicted molar refractivity (Wildman–Crippen MR) is 121 cm³/mol. The minimum atomic E-state index is -4.46. The van der Waals surface area contributed by atoms with Crippen LogP contribution >= 0.6 is 11.6 Å². The van der Waals surface area contributed by atoms with Gasteiger partial charge in [0.1, 0.15) is 5.69 Å². The Labute approximate surface area is 191 Å². The van der Waals surface area contributed by atoms with E-state index in [4.69, 9.17) is 17.3 Å². The third kappa shape index (κ3) is 4.73. The maximum Gasteiger partial charge on any atom is 0.396 e. The fourth-order valence-corrected chi connectivity index (χ4v) is 4.02. The second-order valence-electron chi connectivity index (χ2n) is 7.43. The molecule has 1 heterocycles. The van der Waals surface area contributed by atoms with Crippen LogP contribution in [0.3, 0.4) is 0 Å². The number of nitrogens with one attached hydrogen (secondary N) is 3. The van der Waals surface area contributed by atoms with Crippen molar-refractivity contribution < 1.29 is 22.8 Å². The first-order valence-corrected chi connectivity index (χ1v) is 10.3. The summed E-state index contributed by atoms with van der Waals surface area (Å²) in [6.45, 7) is 0. The molecule has 6 nitrogen and oxygen atoms in total. The van der Waals surface area contributed by atoms with Gasteiger partial charge in [-0.1, -0.05) is 36.4 Å². The summed E-state index contributed by atoms with van der Waals surface area (Å²) in [6, 6.07) is 13.5. The highest BCUT2D eigenvalue weighted by Gasteiger charge is 2.42. The molecular formula is C23H18ClF3N4O2. The van der Waals surface area contributed by atoms with Crippen molar-refractivity contribution in [2.24, 2.45) is 11.7 Å². The third-order valence-corrected chi connectivity index (χ3v) is 5.58. The number of alkyl halides is 4. The maximum atomic E-state index is 12.9. The highest BCUT2D eigenvalue weighted by Crippen LogP contribution is 2.36. The fraction of sp³-hybridized carbons (Fsp3) is 0.130. The number of hydrogen-bond donors (Lipinski definition) is 4. The second-order valence-corrected chi connectivity index (χ2v) is 7.94. The van der Waals surface area contributed by atoms with Crippen molar-refractivity contribution in [1.82, 2.24) is 10.3 Å². The summed E-state index contributed by atoms with van der Waals surface area (Å²) in [5.74, 6) is -2.41. The average Bonchev–Trinajstić information content (AvgIpc) is 3.13. The Bertz CT molecular complexity index is 1280. The van der Waals surface area contributed by atoms with Crippen LogP contribution in [0.15, 0.2) is 72.5 Å². The molecule has 3 aromatic rings. The number of halogens is 4. The van der Waals surface area contributed by atoms with E-state index < -0.39 is 29.4 Å². The molecule has 2 atom stereocenters. The van der Waals surface area contributed by atoms with Crippen LogP contribution in [-0.4, -0.2) is 28.5 Å². The Kier molecular flexibility index (Phi) is 5.90. The highest BCUT2D eigenvalue weighted by atomic mass is 35.5. The quantitative estimate of drug-likeness (QED) is 0.386. The molecule has 0 saturated carbocycles. The highest BCUT2D eigenvalue weighted by molar-refractivity contribution is 6.22. The Morgan fingerprint density at radius 1 is 1.03 bits per heavy atom. The van der Waals surface area contributed by atoms with Crippen LogP contribution in [0, 0.1) is 5.92 Å². The first-order chi connectivity index (χ1) is 15.6. The van der Waals surface area contributed by atoms with Gasteiger partial charge in [0.2, 0.25) is 0 Å². The zero-order valence-electron chi connectivity index (χ0n) is 16.9. The maximum absolute atomic E-state index is 12.9. The van der Waals surface area contributed by atoms with E-state index in [0.29, 0.717) is 16.8 Å². The molecule has 5 N–H and O–H groups in total. The van der Waals surface area contributed by atoms with Gasteiger partial charge in [0.25, 0.3) is 5.91 Å². The number of rotatable bonds is 4. The summed E-state index contributed by atoms with van der Waals surface area (Å²) >= 11 is 5.79. The lowest BCUT2D eigenvalue weighted by Crippen LogP contribution is -2.34. The van der Waals surface area contributed by atoms with E-state index in [1.807, 2.05) is 24.3 Å². The number of anilines is 1. The van der Waals surface area contributed by atoms with Gasteiger partial charge in [0.15, 0.2) is 0 Å². The fourth-order valence-electron chi connectivity index (χ4n) is 3.66. The molecule has 1 aliphatic rings. The van der Waals surface area contributed by atoms with E-state index in [2.05, 4.69) is 15.6 Å². The molecule has 0 spiro atoms. The first-order valence-electron chi connectivity index (χ1n) is 9.83. The van der Waals surface area contributed by atoms with Gasteiger partial charge in [0.05, 0.1) is 11.3 Å². The first kappa shape index (κ1) is 22.5. The topological polar surface area (TPSA) is 100 Å². The smallest absolute Gasteiger partial charge is 0.364 e. The number of carbonyl (C=O) groups excluding carboxylic acids is 2. The van der Waals surface area contributed by atoms with E-state index in [1.54, 1.807) is 24.3 Å². The van der Waals surface area contributed by atoms with Crippen LogP contribution in [0.25, 0.3) is 22.0 Å². The Balaban J connectivity index is 1.48. The van der Waals surface area contributed by atoms with Crippen LogP contribution in [0.5, 0.6) is 0 Å². The number of H-pyrrole nitrogens is 1. The number of urea groups is 1. The number of primary amides is 1. The zero-order valence-corrected chi connectivity index (χ0v) is 17.7. The van der Waals surface area contributed by atoms with Crippen molar-refractivity contribution in [2.45, 2.75) is 11.6 Å². The Hall–Kier alpha value is -3.72.